The third-order valence-corrected chi connectivity index (χ3v) is 1.42. The van der Waals surface area contributed by atoms with E-state index in [2.05, 4.69) is 5.32 Å². The van der Waals surface area contributed by atoms with E-state index >= 15 is 0 Å². The summed E-state index contributed by atoms with van der Waals surface area (Å²) in [6, 6.07) is 0. The molecule has 0 bridgehead atoms. The van der Waals surface area contributed by atoms with Crippen LogP contribution in [-0.4, -0.2) is 11.6 Å². The van der Waals surface area contributed by atoms with Gasteiger partial charge >= 0.3 is 0 Å². The summed E-state index contributed by atoms with van der Waals surface area (Å²) in [5.74, 6) is 0.991. The lowest BCUT2D eigenvalue weighted by Crippen LogP contribution is -2.19. The van der Waals surface area contributed by atoms with E-state index in [4.69, 9.17) is 4.74 Å². The molecule has 0 aliphatic carbocycles. The lowest BCUT2D eigenvalue weighted by Gasteiger charge is -2.11. The molecule has 52 valence electrons. The molecule has 0 unspecified atom stereocenters. The molecule has 0 saturated carbocycles. The van der Waals surface area contributed by atoms with Gasteiger partial charge in [0.1, 0.15) is 12.1 Å². The van der Waals surface area contributed by atoms with E-state index in [-0.39, 0.29) is 0 Å². The molecule has 2 heterocycles. The molecular formula is C7H8N2O. The minimum absolute atomic E-state index is 0.612. The Hall–Kier alpha value is -1.38. The van der Waals surface area contributed by atoms with Gasteiger partial charge < -0.3 is 10.1 Å². The van der Waals surface area contributed by atoms with Gasteiger partial charge in [-0.1, -0.05) is 0 Å². The van der Waals surface area contributed by atoms with E-state index < -0.39 is 0 Å². The normalized spacial score (nSPS) is 20.8. The van der Waals surface area contributed by atoms with Crippen LogP contribution in [0.3, 0.4) is 0 Å². The molecule has 2 aliphatic heterocycles. The molecule has 3 nitrogen and oxygen atoms in total. The van der Waals surface area contributed by atoms with E-state index in [1.54, 1.807) is 6.26 Å². The predicted octanol–water partition coefficient (Wildman–Crippen LogP) is 0.706. The summed E-state index contributed by atoms with van der Waals surface area (Å²) in [5, 5.41) is 3.06. The monoisotopic (exact) mass is 136 g/mol. The Morgan fingerprint density at radius 1 is 1.50 bits per heavy atom. The smallest absolute Gasteiger partial charge is 0.165 e. The van der Waals surface area contributed by atoms with E-state index in [9.17, 15) is 0 Å². The molecule has 0 radical (unpaired) electrons. The maximum absolute atomic E-state index is 5.06. The quantitative estimate of drug-likeness (QED) is 0.530. The summed E-state index contributed by atoms with van der Waals surface area (Å²) in [6.07, 6.45) is 9.45. The number of nitrogens with zero attached hydrogens (tertiary/aromatic N) is 1. The van der Waals surface area contributed by atoms with Crippen molar-refractivity contribution in [3.05, 3.63) is 36.6 Å². The lowest BCUT2D eigenvalue weighted by atomic mass is 10.6. The zero-order valence-corrected chi connectivity index (χ0v) is 5.45. The van der Waals surface area contributed by atoms with Crippen LogP contribution in [0, 0.1) is 0 Å². The first-order chi connectivity index (χ1) is 4.97. The van der Waals surface area contributed by atoms with Crippen LogP contribution >= 0.6 is 0 Å². The number of hydrogen-bond donors (Lipinski definition) is 1. The van der Waals surface area contributed by atoms with Gasteiger partial charge in [0.25, 0.3) is 0 Å². The molecule has 2 rings (SSSR count). The van der Waals surface area contributed by atoms with Crippen molar-refractivity contribution in [1.29, 1.82) is 0 Å². The second-order valence-corrected chi connectivity index (χ2v) is 2.11. The van der Waals surface area contributed by atoms with Gasteiger partial charge in [-0.3, -0.25) is 4.90 Å². The van der Waals surface area contributed by atoms with Crippen LogP contribution in [0.5, 0.6) is 0 Å². The largest absolute Gasteiger partial charge is 0.477 e. The van der Waals surface area contributed by atoms with Crippen molar-refractivity contribution in [2.24, 2.45) is 0 Å². The van der Waals surface area contributed by atoms with Crippen molar-refractivity contribution < 1.29 is 4.74 Å². The Labute approximate surface area is 59.3 Å². The van der Waals surface area contributed by atoms with E-state index in [1.165, 1.54) is 0 Å². The second-order valence-electron chi connectivity index (χ2n) is 2.11. The fourth-order valence-corrected chi connectivity index (χ4v) is 0.917. The minimum atomic E-state index is 0.612. The first-order valence-corrected chi connectivity index (χ1v) is 3.15. The van der Waals surface area contributed by atoms with Crippen molar-refractivity contribution in [3.8, 4) is 0 Å². The molecular weight excluding hydrogens is 128 g/mol. The topological polar surface area (TPSA) is 24.5 Å². The minimum Gasteiger partial charge on any atom is -0.477 e. The van der Waals surface area contributed by atoms with Crippen LogP contribution < -0.4 is 5.32 Å². The maximum Gasteiger partial charge on any atom is 0.165 e. The number of rotatable bonds is 0. The van der Waals surface area contributed by atoms with Gasteiger partial charge in [0.05, 0.1) is 0 Å². The zero-order chi connectivity index (χ0) is 6.81. The van der Waals surface area contributed by atoms with Crippen molar-refractivity contribution >= 4 is 0 Å². The second kappa shape index (κ2) is 2.10. The van der Waals surface area contributed by atoms with Gasteiger partial charge in [0.15, 0.2) is 6.73 Å². The first-order valence-electron chi connectivity index (χ1n) is 3.15. The molecule has 0 spiro atoms. The number of nitrogens with one attached hydrogen (secondary N) is 1. The van der Waals surface area contributed by atoms with Crippen LogP contribution in [0.15, 0.2) is 36.6 Å². The van der Waals surface area contributed by atoms with E-state index in [1.807, 2.05) is 29.5 Å². The van der Waals surface area contributed by atoms with Crippen LogP contribution in [-0.2, 0) is 4.74 Å². The highest BCUT2D eigenvalue weighted by molar-refractivity contribution is 5.15. The summed E-state index contributed by atoms with van der Waals surface area (Å²) in [5.41, 5.74) is 0. The number of hydrogen-bond acceptors (Lipinski definition) is 3. The summed E-state index contributed by atoms with van der Waals surface area (Å²) in [6.45, 7) is 0.612. The SMILES string of the molecule is C1=CNC2=COCN2C=C1. The molecule has 10 heavy (non-hydrogen) atoms. The van der Waals surface area contributed by atoms with Crippen molar-refractivity contribution in [2.45, 2.75) is 0 Å². The molecule has 0 aromatic rings. The highest BCUT2D eigenvalue weighted by Crippen LogP contribution is 2.11. The summed E-state index contributed by atoms with van der Waals surface area (Å²) < 4.78 is 5.06. The number of ether oxygens (including phenoxy) is 1. The van der Waals surface area contributed by atoms with Gasteiger partial charge in [-0.05, 0) is 12.2 Å². The Balaban J connectivity index is 2.24. The van der Waals surface area contributed by atoms with Gasteiger partial charge in [0.2, 0.25) is 0 Å². The van der Waals surface area contributed by atoms with E-state index in [0.29, 0.717) is 6.73 Å². The molecule has 0 atom stereocenters. The highest BCUT2D eigenvalue weighted by atomic mass is 16.5. The molecule has 0 amide bonds. The Morgan fingerprint density at radius 2 is 2.50 bits per heavy atom. The molecule has 0 aromatic heterocycles. The molecule has 0 fully saturated rings. The van der Waals surface area contributed by atoms with E-state index in [0.717, 1.165) is 5.82 Å². The van der Waals surface area contributed by atoms with Crippen molar-refractivity contribution in [3.63, 3.8) is 0 Å². The molecule has 3 heteroatoms. The van der Waals surface area contributed by atoms with Crippen LogP contribution in [0.2, 0.25) is 0 Å². The molecule has 2 aliphatic rings. The lowest BCUT2D eigenvalue weighted by molar-refractivity contribution is 0.199. The van der Waals surface area contributed by atoms with Crippen LogP contribution in [0.1, 0.15) is 0 Å². The summed E-state index contributed by atoms with van der Waals surface area (Å²) in [4.78, 5) is 1.99. The van der Waals surface area contributed by atoms with Crippen molar-refractivity contribution in [2.75, 3.05) is 6.73 Å². The predicted molar refractivity (Wildman–Crippen MR) is 37.3 cm³/mol. The van der Waals surface area contributed by atoms with Gasteiger partial charge in [0, 0.05) is 12.4 Å². The van der Waals surface area contributed by atoms with Gasteiger partial charge in [-0.25, -0.2) is 0 Å². The highest BCUT2D eigenvalue weighted by Gasteiger charge is 2.12. The van der Waals surface area contributed by atoms with Gasteiger partial charge in [-0.15, -0.1) is 0 Å². The Morgan fingerprint density at radius 3 is 3.50 bits per heavy atom. The fraction of sp³-hybridized carbons (Fsp3) is 0.143. The fourth-order valence-electron chi connectivity index (χ4n) is 0.917. The maximum atomic E-state index is 5.06. The Bertz CT molecular complexity index is 218. The third-order valence-electron chi connectivity index (χ3n) is 1.42. The first kappa shape index (κ1) is 5.41. The molecule has 0 aromatic carbocycles. The summed E-state index contributed by atoms with van der Waals surface area (Å²) >= 11 is 0. The number of fused-ring (bicyclic) bond motifs is 1. The van der Waals surface area contributed by atoms with Crippen LogP contribution in [0.4, 0.5) is 0 Å². The molecule has 1 N–H and O–H groups in total. The van der Waals surface area contributed by atoms with Gasteiger partial charge in [-0.2, -0.15) is 0 Å². The average molecular weight is 136 g/mol. The number of allylic oxidation sites excluding steroid dienone is 2. The van der Waals surface area contributed by atoms with Crippen molar-refractivity contribution in [1.82, 2.24) is 10.2 Å². The summed E-state index contributed by atoms with van der Waals surface area (Å²) in [7, 11) is 0. The Kier molecular flexibility index (Phi) is 1.13. The average Bonchev–Trinajstić information content (AvgIpc) is 2.28. The van der Waals surface area contributed by atoms with Crippen LogP contribution in [0.25, 0.3) is 0 Å². The standard InChI is InChI=1S/C7H8N2O/c1-2-4-9-6-10-5-7(9)8-3-1/h1-5,8H,6H2. The zero-order valence-electron chi connectivity index (χ0n) is 5.45. The third kappa shape index (κ3) is 0.757. The molecule has 0 saturated heterocycles.